The average molecular weight is 723 g/mol. The fourth-order valence-corrected chi connectivity index (χ4v) is 6.75. The fraction of sp³-hybridized carbons (Fsp3) is 0.179. The zero-order chi connectivity index (χ0) is 33.2. The van der Waals surface area contributed by atoms with Gasteiger partial charge in [-0.25, -0.2) is 10.4 Å². The Bertz CT molecular complexity index is 1820. The van der Waals surface area contributed by atoms with Crippen LogP contribution in [-0.4, -0.2) is 35.7 Å². The number of aliphatic hydroxyl groups excluding tert-OH is 1. The standard InChI is InChI=1S/C39H36BrN3O4S/c40-32-20-16-29(17-21-32)36-39(26-28-10-3-1-4-11-28,42-37(47-36)30-18-22-33(23-19-30)46-25-9-24-44)38(45)43-41-27-31-12-7-8-15-35(31)48-34-13-5-2-6-14-34/h1-8,10-23,36,41,44H,9,24-27H2,(H,43,45)/t36-,39-/m0/s1. The SMILES string of the molecule is O=C(NNCc1ccccc1Sc1ccccc1)[C@@]1(Cc2ccccc2)N=C(c2ccc(OCCCO)cc2)O[C@H]1c1ccc(Br)cc1. The van der Waals surface area contributed by atoms with E-state index in [9.17, 15) is 4.79 Å². The molecule has 3 N–H and O–H groups in total. The predicted octanol–water partition coefficient (Wildman–Crippen LogP) is 7.68. The molecule has 0 fully saturated rings. The van der Waals surface area contributed by atoms with Crippen LogP contribution in [0.15, 0.2) is 153 Å². The lowest BCUT2D eigenvalue weighted by molar-refractivity contribution is -0.130. The molecule has 0 aliphatic carbocycles. The van der Waals surface area contributed by atoms with Gasteiger partial charge in [0.1, 0.15) is 5.75 Å². The third kappa shape index (κ3) is 8.17. The van der Waals surface area contributed by atoms with Crippen molar-refractivity contribution in [3.05, 3.63) is 160 Å². The third-order valence-corrected chi connectivity index (χ3v) is 9.60. The maximum absolute atomic E-state index is 14.6. The Morgan fingerprint density at radius 1 is 0.875 bits per heavy atom. The molecule has 244 valence electrons. The van der Waals surface area contributed by atoms with Gasteiger partial charge in [-0.05, 0) is 71.3 Å². The number of ether oxygens (including phenoxy) is 2. The van der Waals surface area contributed by atoms with Crippen LogP contribution in [0.2, 0.25) is 0 Å². The van der Waals surface area contributed by atoms with Gasteiger partial charge in [-0.2, -0.15) is 0 Å². The number of amides is 1. The number of carbonyl (C=O) groups excluding carboxylic acids is 1. The Kier molecular flexibility index (Phi) is 11.3. The minimum absolute atomic E-state index is 0.0692. The van der Waals surface area contributed by atoms with Gasteiger partial charge in [0.2, 0.25) is 5.90 Å². The van der Waals surface area contributed by atoms with E-state index in [0.29, 0.717) is 37.6 Å². The first kappa shape index (κ1) is 33.5. The quantitative estimate of drug-likeness (QED) is 0.0805. The van der Waals surface area contributed by atoms with Crippen LogP contribution in [0.4, 0.5) is 0 Å². The molecule has 0 unspecified atom stereocenters. The monoisotopic (exact) mass is 721 g/mol. The molecular formula is C39H36BrN3O4S. The molecule has 1 amide bonds. The number of nitrogens with one attached hydrogen (secondary N) is 2. The van der Waals surface area contributed by atoms with E-state index in [1.807, 2.05) is 109 Å². The lowest BCUT2D eigenvalue weighted by Crippen LogP contribution is -2.53. The number of hydrazine groups is 1. The summed E-state index contributed by atoms with van der Waals surface area (Å²) in [5, 5.41) is 9.09. The molecule has 5 aromatic carbocycles. The Morgan fingerprint density at radius 2 is 1.56 bits per heavy atom. The first-order valence-corrected chi connectivity index (χ1v) is 17.4. The highest BCUT2D eigenvalue weighted by atomic mass is 79.9. The van der Waals surface area contributed by atoms with Gasteiger partial charge in [-0.3, -0.25) is 10.2 Å². The average Bonchev–Trinajstić information content (AvgIpc) is 3.51. The molecule has 6 rings (SSSR count). The molecule has 7 nitrogen and oxygen atoms in total. The molecule has 48 heavy (non-hydrogen) atoms. The molecule has 1 aliphatic heterocycles. The second-order valence-corrected chi connectivity index (χ2v) is 13.4. The molecule has 5 aromatic rings. The van der Waals surface area contributed by atoms with E-state index in [0.717, 1.165) is 36.5 Å². The van der Waals surface area contributed by atoms with Gasteiger partial charge < -0.3 is 14.6 Å². The Labute approximate surface area is 293 Å². The summed E-state index contributed by atoms with van der Waals surface area (Å²) in [5.41, 5.74) is 8.46. The highest BCUT2D eigenvalue weighted by molar-refractivity contribution is 9.10. The Balaban J connectivity index is 1.30. The maximum atomic E-state index is 14.6. The van der Waals surface area contributed by atoms with Crippen molar-refractivity contribution >= 4 is 39.5 Å². The molecular weight excluding hydrogens is 686 g/mol. The van der Waals surface area contributed by atoms with Gasteiger partial charge in [-0.15, -0.1) is 0 Å². The van der Waals surface area contributed by atoms with Gasteiger partial charge in [0.25, 0.3) is 5.91 Å². The predicted molar refractivity (Wildman–Crippen MR) is 193 cm³/mol. The van der Waals surface area contributed by atoms with Crippen molar-refractivity contribution in [3.63, 3.8) is 0 Å². The van der Waals surface area contributed by atoms with Gasteiger partial charge in [0.05, 0.1) is 6.61 Å². The van der Waals surface area contributed by atoms with Crippen LogP contribution in [0, 0.1) is 0 Å². The number of carbonyl (C=O) groups is 1. The molecule has 0 saturated carbocycles. The molecule has 2 atom stereocenters. The van der Waals surface area contributed by atoms with Crippen LogP contribution in [-0.2, 0) is 22.5 Å². The van der Waals surface area contributed by atoms with Crippen LogP contribution < -0.4 is 15.6 Å². The van der Waals surface area contributed by atoms with Gasteiger partial charge in [0, 0.05) is 45.8 Å². The number of hydrogen-bond donors (Lipinski definition) is 3. The minimum atomic E-state index is -1.33. The fourth-order valence-electron chi connectivity index (χ4n) is 5.52. The van der Waals surface area contributed by atoms with E-state index in [4.69, 9.17) is 19.6 Å². The number of benzene rings is 5. The van der Waals surface area contributed by atoms with Crippen molar-refractivity contribution in [3.8, 4) is 5.75 Å². The van der Waals surface area contributed by atoms with E-state index in [2.05, 4.69) is 51.0 Å². The van der Waals surface area contributed by atoms with E-state index in [1.54, 1.807) is 11.8 Å². The number of halogens is 1. The van der Waals surface area contributed by atoms with Crippen molar-refractivity contribution in [2.45, 2.75) is 40.8 Å². The van der Waals surface area contributed by atoms with Crippen LogP contribution in [0.1, 0.15) is 34.8 Å². The summed E-state index contributed by atoms with van der Waals surface area (Å²) in [6, 6.07) is 43.5. The van der Waals surface area contributed by atoms with Gasteiger partial charge in [0.15, 0.2) is 11.6 Å². The summed E-state index contributed by atoms with van der Waals surface area (Å²) in [7, 11) is 0. The first-order chi connectivity index (χ1) is 23.5. The zero-order valence-corrected chi connectivity index (χ0v) is 28.6. The van der Waals surface area contributed by atoms with Crippen molar-refractivity contribution in [2.24, 2.45) is 4.99 Å². The van der Waals surface area contributed by atoms with E-state index < -0.39 is 11.6 Å². The minimum Gasteiger partial charge on any atom is -0.494 e. The normalized spacial score (nSPS) is 17.0. The van der Waals surface area contributed by atoms with E-state index >= 15 is 0 Å². The van der Waals surface area contributed by atoms with E-state index in [-0.39, 0.29) is 12.5 Å². The van der Waals surface area contributed by atoms with Crippen LogP contribution >= 0.6 is 27.7 Å². The lowest BCUT2D eigenvalue weighted by Gasteiger charge is -2.31. The number of aliphatic imine (C=N–C) groups is 1. The molecule has 0 spiro atoms. The van der Waals surface area contributed by atoms with Crippen molar-refractivity contribution in [1.29, 1.82) is 0 Å². The molecule has 9 heteroatoms. The molecule has 1 aliphatic rings. The Morgan fingerprint density at radius 3 is 2.29 bits per heavy atom. The highest BCUT2D eigenvalue weighted by Crippen LogP contribution is 2.43. The molecule has 0 saturated heterocycles. The summed E-state index contributed by atoms with van der Waals surface area (Å²) in [6.45, 7) is 0.906. The number of aliphatic hydroxyl groups is 1. The lowest BCUT2D eigenvalue weighted by atomic mass is 9.82. The molecule has 1 heterocycles. The topological polar surface area (TPSA) is 92.2 Å². The molecule has 0 bridgehead atoms. The highest BCUT2D eigenvalue weighted by Gasteiger charge is 2.53. The summed E-state index contributed by atoms with van der Waals surface area (Å²) < 4.78 is 13.3. The zero-order valence-electron chi connectivity index (χ0n) is 26.2. The third-order valence-electron chi connectivity index (χ3n) is 7.94. The number of rotatable bonds is 14. The van der Waals surface area contributed by atoms with Crippen molar-refractivity contribution in [1.82, 2.24) is 10.9 Å². The molecule has 0 radical (unpaired) electrons. The first-order valence-electron chi connectivity index (χ1n) is 15.8. The second kappa shape index (κ2) is 16.1. The van der Waals surface area contributed by atoms with Crippen LogP contribution in [0.3, 0.4) is 0 Å². The number of nitrogens with zero attached hydrogens (tertiary/aromatic N) is 1. The smallest absolute Gasteiger partial charge is 0.266 e. The van der Waals surface area contributed by atoms with Crippen molar-refractivity contribution < 1.29 is 19.4 Å². The molecule has 0 aromatic heterocycles. The number of hydrogen-bond acceptors (Lipinski definition) is 7. The second-order valence-electron chi connectivity index (χ2n) is 11.3. The summed E-state index contributed by atoms with van der Waals surface area (Å²) >= 11 is 5.22. The largest absolute Gasteiger partial charge is 0.494 e. The Hall–Kier alpha value is -4.41. The summed E-state index contributed by atoms with van der Waals surface area (Å²) in [5.74, 6) is 0.755. The van der Waals surface area contributed by atoms with Crippen molar-refractivity contribution in [2.75, 3.05) is 13.2 Å². The summed E-state index contributed by atoms with van der Waals surface area (Å²) in [6.07, 6.45) is 0.160. The van der Waals surface area contributed by atoms with Crippen LogP contribution in [0.5, 0.6) is 5.75 Å². The van der Waals surface area contributed by atoms with Gasteiger partial charge >= 0.3 is 0 Å². The van der Waals surface area contributed by atoms with Crippen LogP contribution in [0.25, 0.3) is 0 Å². The maximum Gasteiger partial charge on any atom is 0.266 e. The van der Waals surface area contributed by atoms with E-state index in [1.165, 1.54) is 0 Å². The summed E-state index contributed by atoms with van der Waals surface area (Å²) in [4.78, 5) is 21.9. The van der Waals surface area contributed by atoms with Gasteiger partial charge in [-0.1, -0.05) is 107 Å².